The molecule has 0 aromatic heterocycles. The molecule has 10 nitrogen and oxygen atoms in total. The number of benzene rings is 1. The maximum Gasteiger partial charge on any atom is 0.326 e. The van der Waals surface area contributed by atoms with Gasteiger partial charge in [0.15, 0.2) is 0 Å². The normalized spacial score (nSPS) is 22.7. The van der Waals surface area contributed by atoms with Gasteiger partial charge in [0.2, 0.25) is 21.8 Å². The number of rotatable bonds is 7. The molecule has 3 N–H and O–H groups in total. The molecule has 0 spiro atoms. The van der Waals surface area contributed by atoms with Crippen LogP contribution in [0.15, 0.2) is 29.2 Å². The van der Waals surface area contributed by atoms with Crippen molar-refractivity contribution in [2.45, 2.75) is 63.1 Å². The number of aliphatic hydroxyl groups excluding tert-OH is 1. The van der Waals surface area contributed by atoms with Crippen LogP contribution in [-0.4, -0.2) is 84.0 Å². The number of aryl methyl sites for hydroxylation is 1. The van der Waals surface area contributed by atoms with Gasteiger partial charge in [0.25, 0.3) is 0 Å². The molecule has 0 bridgehead atoms. The van der Waals surface area contributed by atoms with Crippen molar-refractivity contribution in [2.75, 3.05) is 19.6 Å². The average Bonchev–Trinajstić information content (AvgIpc) is 3.19. The summed E-state index contributed by atoms with van der Waals surface area (Å²) in [4.78, 5) is 40.4. The number of carboxylic acid groups (broad SMARTS) is 1. The first-order valence-electron chi connectivity index (χ1n) is 11.5. The zero-order valence-electron chi connectivity index (χ0n) is 19.7. The van der Waals surface area contributed by atoms with Crippen molar-refractivity contribution in [1.82, 2.24) is 14.5 Å². The molecule has 3 rings (SSSR count). The molecule has 1 unspecified atom stereocenters. The van der Waals surface area contributed by atoms with E-state index in [1.807, 2.05) is 6.92 Å². The summed E-state index contributed by atoms with van der Waals surface area (Å²) in [7, 11) is -3.90. The van der Waals surface area contributed by atoms with Crippen LogP contribution in [0.1, 0.15) is 38.7 Å². The third-order valence-corrected chi connectivity index (χ3v) is 8.01. The van der Waals surface area contributed by atoms with E-state index in [0.717, 1.165) is 5.56 Å². The third-order valence-electron chi connectivity index (χ3n) is 6.55. The number of carbonyl (C=O) groups is 3. The first-order valence-corrected chi connectivity index (χ1v) is 13.0. The summed E-state index contributed by atoms with van der Waals surface area (Å²) in [5.74, 6) is -2.56. The molecule has 11 heteroatoms. The molecule has 0 aliphatic carbocycles. The lowest BCUT2D eigenvalue weighted by Gasteiger charge is -2.36. The Kier molecular flexibility index (Phi) is 7.99. The third kappa shape index (κ3) is 5.76. The Labute approximate surface area is 200 Å². The molecular weight excluding hydrogens is 462 g/mol. The minimum atomic E-state index is -3.90. The number of aliphatic hydroxyl groups is 1. The zero-order chi connectivity index (χ0) is 25.2. The van der Waals surface area contributed by atoms with E-state index in [1.165, 1.54) is 17.0 Å². The van der Waals surface area contributed by atoms with E-state index < -0.39 is 40.1 Å². The number of hydrogen-bond acceptors (Lipinski definition) is 6. The van der Waals surface area contributed by atoms with Gasteiger partial charge in [-0.15, -0.1) is 0 Å². The molecule has 0 saturated carbocycles. The van der Waals surface area contributed by atoms with Gasteiger partial charge >= 0.3 is 5.97 Å². The van der Waals surface area contributed by atoms with Crippen LogP contribution in [-0.2, 0) is 24.4 Å². The molecule has 1 aromatic rings. The van der Waals surface area contributed by atoms with Crippen molar-refractivity contribution in [3.63, 3.8) is 0 Å². The molecule has 2 amide bonds. The van der Waals surface area contributed by atoms with Crippen LogP contribution >= 0.6 is 0 Å². The minimum absolute atomic E-state index is 0.00877. The van der Waals surface area contributed by atoms with Crippen LogP contribution in [0, 0.1) is 18.8 Å². The molecule has 2 fully saturated rings. The van der Waals surface area contributed by atoms with E-state index in [4.69, 9.17) is 0 Å². The number of nitrogens with one attached hydrogen (secondary N) is 1. The number of carboxylic acids is 1. The second kappa shape index (κ2) is 10.4. The van der Waals surface area contributed by atoms with Gasteiger partial charge in [-0.1, -0.05) is 31.5 Å². The van der Waals surface area contributed by atoms with Crippen LogP contribution in [0.25, 0.3) is 0 Å². The van der Waals surface area contributed by atoms with E-state index in [-0.39, 0.29) is 48.7 Å². The van der Waals surface area contributed by atoms with Crippen molar-refractivity contribution in [3.05, 3.63) is 29.8 Å². The van der Waals surface area contributed by atoms with Gasteiger partial charge < -0.3 is 20.0 Å². The number of carbonyl (C=O) groups excluding carboxylic acids is 2. The molecular formula is C23H33N3O7S. The molecule has 2 saturated heterocycles. The van der Waals surface area contributed by atoms with Crippen LogP contribution in [0.5, 0.6) is 0 Å². The highest BCUT2D eigenvalue weighted by Gasteiger charge is 2.42. The lowest BCUT2D eigenvalue weighted by molar-refractivity contribution is -0.151. The van der Waals surface area contributed by atoms with E-state index in [0.29, 0.717) is 12.8 Å². The lowest BCUT2D eigenvalue weighted by atomic mass is 9.93. The quantitative estimate of drug-likeness (QED) is 0.502. The molecule has 0 radical (unpaired) electrons. The summed E-state index contributed by atoms with van der Waals surface area (Å²) >= 11 is 0. The zero-order valence-corrected chi connectivity index (χ0v) is 20.5. The van der Waals surface area contributed by atoms with Crippen molar-refractivity contribution in [3.8, 4) is 0 Å². The summed E-state index contributed by atoms with van der Waals surface area (Å²) in [5.41, 5.74) is 0.922. The van der Waals surface area contributed by atoms with E-state index in [1.54, 1.807) is 30.9 Å². The maximum absolute atomic E-state index is 13.2. The highest BCUT2D eigenvalue weighted by atomic mass is 32.2. The summed E-state index contributed by atoms with van der Waals surface area (Å²) in [6, 6.07) is 4.38. The fraction of sp³-hybridized carbons (Fsp3) is 0.609. The molecule has 3 atom stereocenters. The number of aliphatic carboxylic acids is 1. The van der Waals surface area contributed by atoms with Crippen LogP contribution in [0.4, 0.5) is 0 Å². The number of nitrogens with zero attached hydrogens (tertiary/aromatic N) is 2. The molecule has 2 aliphatic heterocycles. The molecule has 1 aromatic carbocycles. The van der Waals surface area contributed by atoms with E-state index >= 15 is 0 Å². The largest absolute Gasteiger partial charge is 0.480 e. The minimum Gasteiger partial charge on any atom is -0.480 e. The number of piperidine rings is 1. The topological polar surface area (TPSA) is 144 Å². The van der Waals surface area contributed by atoms with Crippen LogP contribution < -0.4 is 4.72 Å². The van der Waals surface area contributed by atoms with Crippen molar-refractivity contribution in [1.29, 1.82) is 0 Å². The second-order valence-corrected chi connectivity index (χ2v) is 11.2. The predicted molar refractivity (Wildman–Crippen MR) is 123 cm³/mol. The Morgan fingerprint density at radius 2 is 1.68 bits per heavy atom. The highest BCUT2D eigenvalue weighted by Crippen LogP contribution is 2.26. The number of β-amino-alcohol motifs (C(OH)–C–C–N with tert-alkyl or cyclic N) is 1. The number of hydrogen-bond donors (Lipinski definition) is 3. The van der Waals surface area contributed by atoms with Gasteiger partial charge in [-0.05, 0) is 37.8 Å². The summed E-state index contributed by atoms with van der Waals surface area (Å²) in [5, 5.41) is 19.2. The van der Waals surface area contributed by atoms with Crippen molar-refractivity contribution >= 4 is 27.8 Å². The van der Waals surface area contributed by atoms with Gasteiger partial charge in [0.1, 0.15) is 12.1 Å². The van der Waals surface area contributed by atoms with Gasteiger partial charge in [0.05, 0.1) is 11.0 Å². The first kappa shape index (κ1) is 26.1. The van der Waals surface area contributed by atoms with Crippen LogP contribution in [0.2, 0.25) is 0 Å². The number of sulfonamides is 1. The Bertz CT molecular complexity index is 1020. The fourth-order valence-corrected chi connectivity index (χ4v) is 5.83. The number of amides is 2. The second-order valence-electron chi connectivity index (χ2n) is 9.49. The number of likely N-dealkylation sites (tertiary alicyclic amines) is 2. The van der Waals surface area contributed by atoms with Gasteiger partial charge in [-0.2, -0.15) is 4.72 Å². The average molecular weight is 496 g/mol. The summed E-state index contributed by atoms with van der Waals surface area (Å²) in [6.45, 7) is 5.90. The van der Waals surface area contributed by atoms with Gasteiger partial charge in [-0.3, -0.25) is 9.59 Å². The summed E-state index contributed by atoms with van der Waals surface area (Å²) < 4.78 is 28.2. The monoisotopic (exact) mass is 495 g/mol. The maximum atomic E-state index is 13.2. The predicted octanol–water partition coefficient (Wildman–Crippen LogP) is 0.583. The van der Waals surface area contributed by atoms with Crippen molar-refractivity contribution < 1.29 is 33.0 Å². The molecule has 2 heterocycles. The van der Waals surface area contributed by atoms with Gasteiger partial charge in [-0.25, -0.2) is 13.2 Å². The highest BCUT2D eigenvalue weighted by molar-refractivity contribution is 7.89. The Morgan fingerprint density at radius 1 is 1.09 bits per heavy atom. The Hall–Kier alpha value is -2.50. The Morgan fingerprint density at radius 3 is 2.21 bits per heavy atom. The standard InChI is InChI=1S/C23H33N3O7S/c1-14(2)20(24-34(32,33)18-6-4-15(3)5-7-18)22(29)25-10-8-16(9-11-25)21(28)26-13-17(27)12-19(26)23(30)31/h4-7,14,16-17,19-20,24,27H,8-13H2,1-3H3,(H,30,31)/t17?,19-,20-/m0/s1. The smallest absolute Gasteiger partial charge is 0.326 e. The van der Waals surface area contributed by atoms with E-state index in [9.17, 15) is 33.0 Å². The Balaban J connectivity index is 1.64. The van der Waals surface area contributed by atoms with Crippen molar-refractivity contribution in [2.24, 2.45) is 11.8 Å². The van der Waals surface area contributed by atoms with Gasteiger partial charge in [0, 0.05) is 32.0 Å². The first-order chi connectivity index (χ1) is 15.9. The van der Waals surface area contributed by atoms with Crippen LogP contribution in [0.3, 0.4) is 0 Å². The SMILES string of the molecule is Cc1ccc(S(=O)(=O)N[C@H](C(=O)N2CCC(C(=O)N3CC(O)C[C@H]3C(=O)O)CC2)C(C)C)cc1. The molecule has 2 aliphatic rings. The summed E-state index contributed by atoms with van der Waals surface area (Å²) in [6.07, 6.45) is -0.159. The molecule has 188 valence electrons. The lowest BCUT2D eigenvalue weighted by Crippen LogP contribution is -2.54. The fourth-order valence-electron chi connectivity index (χ4n) is 4.49. The molecule has 34 heavy (non-hydrogen) atoms. The van der Waals surface area contributed by atoms with E-state index in [2.05, 4.69) is 4.72 Å².